The SMILES string of the molecule is Cc1c(C(=O)O)[nH]c2ccc(Br)nc12. The van der Waals surface area contributed by atoms with Gasteiger partial charge in [0.25, 0.3) is 0 Å². The number of nitrogens with zero attached hydrogens (tertiary/aromatic N) is 1. The van der Waals surface area contributed by atoms with Crippen LogP contribution in [0, 0.1) is 6.92 Å². The summed E-state index contributed by atoms with van der Waals surface area (Å²) in [5, 5.41) is 8.87. The van der Waals surface area contributed by atoms with Crippen molar-refractivity contribution in [2.75, 3.05) is 0 Å². The molecule has 2 rings (SSSR count). The Morgan fingerprint density at radius 2 is 2.29 bits per heavy atom. The van der Waals surface area contributed by atoms with Gasteiger partial charge < -0.3 is 10.1 Å². The van der Waals surface area contributed by atoms with Crippen LogP contribution in [0.4, 0.5) is 0 Å². The molecule has 0 fully saturated rings. The summed E-state index contributed by atoms with van der Waals surface area (Å²) in [5.74, 6) is -0.961. The van der Waals surface area contributed by atoms with Gasteiger partial charge in [0, 0.05) is 5.56 Å². The van der Waals surface area contributed by atoms with Crippen LogP contribution in [0.1, 0.15) is 16.1 Å². The molecule has 0 atom stereocenters. The number of aromatic carboxylic acids is 1. The molecule has 0 aliphatic heterocycles. The molecule has 0 unspecified atom stereocenters. The van der Waals surface area contributed by atoms with Crippen molar-refractivity contribution in [1.82, 2.24) is 9.97 Å². The van der Waals surface area contributed by atoms with Gasteiger partial charge >= 0.3 is 5.97 Å². The molecule has 72 valence electrons. The van der Waals surface area contributed by atoms with Gasteiger partial charge in [-0.15, -0.1) is 0 Å². The molecule has 0 radical (unpaired) electrons. The van der Waals surface area contributed by atoms with E-state index in [1.165, 1.54) is 0 Å². The molecule has 2 aromatic rings. The summed E-state index contributed by atoms with van der Waals surface area (Å²) in [6, 6.07) is 3.57. The topological polar surface area (TPSA) is 66.0 Å². The van der Waals surface area contributed by atoms with E-state index in [4.69, 9.17) is 5.11 Å². The molecule has 2 heterocycles. The van der Waals surface area contributed by atoms with Crippen LogP contribution in [0.3, 0.4) is 0 Å². The van der Waals surface area contributed by atoms with E-state index in [-0.39, 0.29) is 5.69 Å². The highest BCUT2D eigenvalue weighted by atomic mass is 79.9. The van der Waals surface area contributed by atoms with Crippen LogP contribution >= 0.6 is 15.9 Å². The van der Waals surface area contributed by atoms with Gasteiger partial charge in [-0.1, -0.05) is 0 Å². The first-order valence-electron chi connectivity index (χ1n) is 3.97. The lowest BCUT2D eigenvalue weighted by Gasteiger charge is -1.91. The van der Waals surface area contributed by atoms with Crippen molar-refractivity contribution in [3.8, 4) is 0 Å². The van der Waals surface area contributed by atoms with E-state index in [0.29, 0.717) is 15.7 Å². The minimum atomic E-state index is -0.961. The number of aryl methyl sites for hydroxylation is 1. The second-order valence-corrected chi connectivity index (χ2v) is 3.77. The highest BCUT2D eigenvalue weighted by molar-refractivity contribution is 9.10. The molecule has 5 heteroatoms. The summed E-state index contributed by atoms with van der Waals surface area (Å²) in [6.45, 7) is 1.74. The van der Waals surface area contributed by atoms with E-state index in [9.17, 15) is 4.79 Å². The zero-order valence-corrected chi connectivity index (χ0v) is 8.92. The monoisotopic (exact) mass is 254 g/mol. The zero-order chi connectivity index (χ0) is 10.3. The fourth-order valence-electron chi connectivity index (χ4n) is 1.38. The lowest BCUT2D eigenvalue weighted by atomic mass is 10.2. The number of nitrogens with one attached hydrogen (secondary N) is 1. The molecule has 2 N–H and O–H groups in total. The first-order chi connectivity index (χ1) is 6.59. The molecule has 0 aliphatic carbocycles. The standard InChI is InChI=1S/C9H7BrN2O2/c1-4-7-5(2-3-6(10)12-7)11-8(4)9(13)14/h2-3,11H,1H3,(H,13,14). The smallest absolute Gasteiger partial charge is 0.352 e. The molecule has 0 spiro atoms. The van der Waals surface area contributed by atoms with Crippen molar-refractivity contribution in [3.63, 3.8) is 0 Å². The first kappa shape index (κ1) is 9.21. The van der Waals surface area contributed by atoms with Crippen molar-refractivity contribution in [2.45, 2.75) is 6.92 Å². The summed E-state index contributed by atoms with van der Waals surface area (Å²) in [4.78, 5) is 17.8. The molecule has 0 saturated carbocycles. The van der Waals surface area contributed by atoms with E-state index in [1.807, 2.05) is 0 Å². The molecule has 0 aliphatic rings. The lowest BCUT2D eigenvalue weighted by Crippen LogP contribution is -1.98. The quantitative estimate of drug-likeness (QED) is 0.768. The number of aromatic amines is 1. The predicted octanol–water partition coefficient (Wildman–Crippen LogP) is 2.33. The molecule has 14 heavy (non-hydrogen) atoms. The van der Waals surface area contributed by atoms with Gasteiger partial charge in [-0.25, -0.2) is 9.78 Å². The predicted molar refractivity (Wildman–Crippen MR) is 55.5 cm³/mol. The Kier molecular flexibility index (Phi) is 2.03. The lowest BCUT2D eigenvalue weighted by molar-refractivity contribution is 0.0691. The number of fused-ring (bicyclic) bond motifs is 1. The van der Waals surface area contributed by atoms with Gasteiger partial charge in [-0.2, -0.15) is 0 Å². The molecule has 0 bridgehead atoms. The van der Waals surface area contributed by atoms with E-state index in [1.54, 1.807) is 19.1 Å². The Bertz CT molecular complexity index is 519. The summed E-state index contributed by atoms with van der Waals surface area (Å²) in [6.07, 6.45) is 0. The maximum atomic E-state index is 10.8. The highest BCUT2D eigenvalue weighted by Crippen LogP contribution is 2.21. The van der Waals surface area contributed by atoms with Crippen LogP contribution in [-0.2, 0) is 0 Å². The fourth-order valence-corrected chi connectivity index (χ4v) is 1.69. The molecule has 0 saturated heterocycles. The van der Waals surface area contributed by atoms with Gasteiger partial charge in [-0.05, 0) is 35.0 Å². The largest absolute Gasteiger partial charge is 0.477 e. The normalized spacial score (nSPS) is 10.7. The average molecular weight is 255 g/mol. The molecule has 0 amide bonds. The Morgan fingerprint density at radius 1 is 1.57 bits per heavy atom. The zero-order valence-electron chi connectivity index (χ0n) is 7.34. The van der Waals surface area contributed by atoms with Crippen molar-refractivity contribution in [2.24, 2.45) is 0 Å². The number of H-pyrrole nitrogens is 1. The number of rotatable bonds is 1. The molecule has 2 aromatic heterocycles. The van der Waals surface area contributed by atoms with Gasteiger partial charge in [0.05, 0.1) is 11.0 Å². The van der Waals surface area contributed by atoms with Crippen LogP contribution in [0.2, 0.25) is 0 Å². The van der Waals surface area contributed by atoms with Crippen molar-refractivity contribution in [3.05, 3.63) is 28.0 Å². The summed E-state index contributed by atoms with van der Waals surface area (Å²) in [5.41, 5.74) is 2.29. The number of hydrogen-bond donors (Lipinski definition) is 2. The van der Waals surface area contributed by atoms with Gasteiger partial charge in [0.15, 0.2) is 0 Å². The van der Waals surface area contributed by atoms with Crippen LogP contribution in [-0.4, -0.2) is 21.0 Å². The van der Waals surface area contributed by atoms with Crippen molar-refractivity contribution in [1.29, 1.82) is 0 Å². The Labute approximate surface area is 88.1 Å². The number of hydrogen-bond acceptors (Lipinski definition) is 2. The van der Waals surface area contributed by atoms with Gasteiger partial charge in [0.2, 0.25) is 0 Å². The van der Waals surface area contributed by atoms with Crippen LogP contribution in [0.25, 0.3) is 11.0 Å². The summed E-state index contributed by atoms with van der Waals surface area (Å²) < 4.78 is 0.698. The summed E-state index contributed by atoms with van der Waals surface area (Å²) in [7, 11) is 0. The average Bonchev–Trinajstić information content (AvgIpc) is 2.44. The number of aromatic nitrogens is 2. The number of carboxylic acid groups (broad SMARTS) is 1. The van der Waals surface area contributed by atoms with Crippen LogP contribution in [0.5, 0.6) is 0 Å². The third-order valence-corrected chi connectivity index (χ3v) is 2.51. The van der Waals surface area contributed by atoms with Crippen LogP contribution in [0.15, 0.2) is 16.7 Å². The Hall–Kier alpha value is -1.36. The van der Waals surface area contributed by atoms with E-state index >= 15 is 0 Å². The minimum Gasteiger partial charge on any atom is -0.477 e. The second kappa shape index (κ2) is 3.09. The van der Waals surface area contributed by atoms with E-state index in [2.05, 4.69) is 25.9 Å². The Balaban J connectivity index is 2.80. The molecular weight excluding hydrogens is 248 g/mol. The van der Waals surface area contributed by atoms with Crippen LogP contribution < -0.4 is 0 Å². The number of pyridine rings is 1. The summed E-state index contributed by atoms with van der Waals surface area (Å²) >= 11 is 3.24. The van der Waals surface area contributed by atoms with Crippen molar-refractivity contribution >= 4 is 32.9 Å². The maximum absolute atomic E-state index is 10.8. The highest BCUT2D eigenvalue weighted by Gasteiger charge is 2.14. The van der Waals surface area contributed by atoms with Crippen molar-refractivity contribution < 1.29 is 9.90 Å². The third-order valence-electron chi connectivity index (χ3n) is 2.07. The number of halogens is 1. The number of carbonyl (C=O) groups is 1. The van der Waals surface area contributed by atoms with Gasteiger partial charge in [-0.3, -0.25) is 0 Å². The maximum Gasteiger partial charge on any atom is 0.352 e. The van der Waals surface area contributed by atoms with Gasteiger partial charge in [0.1, 0.15) is 10.3 Å². The van der Waals surface area contributed by atoms with E-state index < -0.39 is 5.97 Å². The molecule has 0 aromatic carbocycles. The second-order valence-electron chi connectivity index (χ2n) is 2.96. The molecular formula is C9H7BrN2O2. The third kappa shape index (κ3) is 1.29. The minimum absolute atomic E-state index is 0.200. The van der Waals surface area contributed by atoms with E-state index in [0.717, 1.165) is 5.52 Å². The fraction of sp³-hybridized carbons (Fsp3) is 0.111. The molecule has 4 nitrogen and oxygen atoms in total. The first-order valence-corrected chi connectivity index (χ1v) is 4.77. The number of carboxylic acids is 1. The Morgan fingerprint density at radius 3 is 2.93 bits per heavy atom.